The fourth-order valence-electron chi connectivity index (χ4n) is 3.07. The van der Waals surface area contributed by atoms with Gasteiger partial charge < -0.3 is 9.73 Å². The van der Waals surface area contributed by atoms with Crippen molar-refractivity contribution < 1.29 is 14.0 Å². The Balaban J connectivity index is 1.92. The molecular weight excluding hydrogens is 306 g/mol. The van der Waals surface area contributed by atoms with Crippen molar-refractivity contribution in [1.29, 1.82) is 5.26 Å². The van der Waals surface area contributed by atoms with E-state index in [4.69, 9.17) is 9.68 Å². The van der Waals surface area contributed by atoms with Crippen LogP contribution < -0.4 is 5.32 Å². The first-order valence-electron chi connectivity index (χ1n) is 7.56. The average molecular weight is 323 g/mol. The van der Waals surface area contributed by atoms with E-state index < -0.39 is 11.6 Å². The minimum atomic E-state index is -1.15. The summed E-state index contributed by atoms with van der Waals surface area (Å²) in [4.78, 5) is 26.4. The van der Waals surface area contributed by atoms with Gasteiger partial charge in [-0.1, -0.05) is 12.1 Å². The van der Waals surface area contributed by atoms with Crippen LogP contribution in [0.2, 0.25) is 0 Å². The van der Waals surface area contributed by atoms with E-state index in [0.29, 0.717) is 22.6 Å². The maximum atomic E-state index is 12.9. The molecule has 2 heterocycles. The fourth-order valence-corrected chi connectivity index (χ4v) is 3.07. The van der Waals surface area contributed by atoms with Crippen LogP contribution in [0, 0.1) is 25.2 Å². The lowest BCUT2D eigenvalue weighted by Crippen LogP contribution is -2.41. The van der Waals surface area contributed by atoms with E-state index in [1.54, 1.807) is 51.1 Å². The number of rotatable bonds is 3. The van der Waals surface area contributed by atoms with Crippen molar-refractivity contribution in [3.63, 3.8) is 0 Å². The van der Waals surface area contributed by atoms with E-state index in [1.807, 2.05) is 0 Å². The molecule has 6 nitrogen and oxygen atoms in total. The number of nitrogens with one attached hydrogen (secondary N) is 1. The Hall–Kier alpha value is -3.07. The molecule has 2 aromatic rings. The molecule has 6 heteroatoms. The summed E-state index contributed by atoms with van der Waals surface area (Å²) < 4.78 is 5.50. The summed E-state index contributed by atoms with van der Waals surface area (Å²) in [5.74, 6) is 0.960. The van der Waals surface area contributed by atoms with Gasteiger partial charge in [-0.3, -0.25) is 9.69 Å². The topological polar surface area (TPSA) is 86.3 Å². The number of aryl methyl sites for hydroxylation is 2. The van der Waals surface area contributed by atoms with E-state index in [0.717, 1.165) is 10.5 Å². The lowest BCUT2D eigenvalue weighted by Gasteiger charge is -2.21. The Labute approximate surface area is 139 Å². The summed E-state index contributed by atoms with van der Waals surface area (Å²) in [5.41, 5.74) is 0.725. The number of nitriles is 1. The zero-order chi connectivity index (χ0) is 17.5. The second-order valence-electron chi connectivity index (χ2n) is 6.09. The Morgan fingerprint density at radius 1 is 1.29 bits per heavy atom. The predicted molar refractivity (Wildman–Crippen MR) is 85.8 cm³/mol. The molecule has 1 aromatic heterocycles. The number of nitrogens with zero attached hydrogens (tertiary/aromatic N) is 2. The van der Waals surface area contributed by atoms with E-state index in [9.17, 15) is 9.59 Å². The van der Waals surface area contributed by atoms with Crippen LogP contribution >= 0.6 is 0 Å². The highest BCUT2D eigenvalue weighted by Crippen LogP contribution is 2.33. The third-order valence-corrected chi connectivity index (χ3v) is 4.25. The zero-order valence-electron chi connectivity index (χ0n) is 13.7. The van der Waals surface area contributed by atoms with Crippen LogP contribution in [0.1, 0.15) is 35.1 Å². The first kappa shape index (κ1) is 15.8. The first-order chi connectivity index (χ1) is 11.3. The van der Waals surface area contributed by atoms with E-state index in [2.05, 4.69) is 11.4 Å². The molecule has 1 saturated heterocycles. The minimum Gasteiger partial charge on any atom is -0.466 e. The number of carbonyl (C=O) groups excluding carboxylic acids is 2. The van der Waals surface area contributed by atoms with Gasteiger partial charge in [0.1, 0.15) is 17.1 Å². The summed E-state index contributed by atoms with van der Waals surface area (Å²) in [6.45, 7) is 5.36. The smallest absolute Gasteiger partial charge is 0.325 e. The monoisotopic (exact) mass is 323 g/mol. The second-order valence-corrected chi connectivity index (χ2v) is 6.09. The molecule has 0 unspecified atom stereocenters. The summed E-state index contributed by atoms with van der Waals surface area (Å²) >= 11 is 0. The molecule has 1 fully saturated rings. The predicted octanol–water partition coefficient (Wildman–Crippen LogP) is 2.74. The lowest BCUT2D eigenvalue weighted by atomic mass is 9.92. The number of urea groups is 1. The van der Waals surface area contributed by atoms with Gasteiger partial charge in [0, 0.05) is 5.56 Å². The third kappa shape index (κ3) is 2.44. The standard InChI is InChI=1S/C18H17N3O3/c1-11-7-15(12(2)24-11)18(3)16(22)21(17(23)20-18)10-14-6-4-5-13(8-14)9-19/h4-8H,10H2,1-3H3,(H,20,23)/t18-/m0/s1. The van der Waals surface area contributed by atoms with Gasteiger partial charge in [-0.15, -0.1) is 0 Å². The molecule has 1 aromatic carbocycles. The molecule has 3 amide bonds. The lowest BCUT2D eigenvalue weighted by molar-refractivity contribution is -0.131. The minimum absolute atomic E-state index is 0.117. The number of amides is 3. The van der Waals surface area contributed by atoms with Crippen molar-refractivity contribution >= 4 is 11.9 Å². The highest BCUT2D eigenvalue weighted by Gasteiger charge is 2.50. The molecule has 3 rings (SSSR count). The maximum Gasteiger partial charge on any atom is 0.325 e. The van der Waals surface area contributed by atoms with E-state index in [1.165, 1.54) is 0 Å². The largest absolute Gasteiger partial charge is 0.466 e. The normalized spacial score (nSPS) is 20.2. The fraction of sp³-hybridized carbons (Fsp3) is 0.278. The van der Waals surface area contributed by atoms with Crippen LogP contribution in [0.4, 0.5) is 4.79 Å². The number of hydrogen-bond donors (Lipinski definition) is 1. The van der Waals surface area contributed by atoms with Crippen LogP contribution in [0.15, 0.2) is 34.7 Å². The van der Waals surface area contributed by atoms with Crippen LogP contribution in [-0.4, -0.2) is 16.8 Å². The number of carbonyl (C=O) groups is 2. The van der Waals surface area contributed by atoms with Crippen LogP contribution in [0.5, 0.6) is 0 Å². The van der Waals surface area contributed by atoms with Gasteiger partial charge in [0.05, 0.1) is 18.2 Å². The first-order valence-corrected chi connectivity index (χ1v) is 7.56. The van der Waals surface area contributed by atoms with Gasteiger partial charge >= 0.3 is 6.03 Å². The quantitative estimate of drug-likeness (QED) is 0.880. The highest BCUT2D eigenvalue weighted by molar-refractivity contribution is 6.07. The molecular formula is C18H17N3O3. The second kappa shape index (κ2) is 5.53. The Morgan fingerprint density at radius 3 is 2.67 bits per heavy atom. The third-order valence-electron chi connectivity index (χ3n) is 4.25. The van der Waals surface area contributed by atoms with Gasteiger partial charge in [0.2, 0.25) is 0 Å². The Kier molecular flexibility index (Phi) is 3.64. The van der Waals surface area contributed by atoms with Gasteiger partial charge in [0.25, 0.3) is 5.91 Å². The van der Waals surface area contributed by atoms with Crippen LogP contribution in [0.25, 0.3) is 0 Å². The SMILES string of the molecule is Cc1cc([C@]2(C)NC(=O)N(Cc3cccc(C#N)c3)C2=O)c(C)o1. The number of hydrogen-bond acceptors (Lipinski definition) is 4. The van der Waals surface area contributed by atoms with Crippen LogP contribution in [0.3, 0.4) is 0 Å². The highest BCUT2D eigenvalue weighted by atomic mass is 16.3. The average Bonchev–Trinajstić information content (AvgIpc) is 3.00. The molecule has 122 valence electrons. The number of furan rings is 1. The summed E-state index contributed by atoms with van der Waals surface area (Å²) in [7, 11) is 0. The maximum absolute atomic E-state index is 12.9. The van der Waals surface area contributed by atoms with Crippen molar-refractivity contribution in [3.8, 4) is 6.07 Å². The zero-order valence-corrected chi connectivity index (χ0v) is 13.7. The molecule has 0 saturated carbocycles. The molecule has 1 aliphatic heterocycles. The van der Waals surface area contributed by atoms with Gasteiger partial charge in [0.15, 0.2) is 0 Å². The summed E-state index contributed by atoms with van der Waals surface area (Å²) in [6.07, 6.45) is 0. The number of benzene rings is 1. The summed E-state index contributed by atoms with van der Waals surface area (Å²) in [5, 5.41) is 11.7. The molecule has 0 spiro atoms. The van der Waals surface area contributed by atoms with E-state index >= 15 is 0 Å². The number of imide groups is 1. The molecule has 24 heavy (non-hydrogen) atoms. The van der Waals surface area contributed by atoms with Gasteiger partial charge in [-0.25, -0.2) is 4.79 Å². The molecule has 0 aliphatic carbocycles. The molecule has 1 aliphatic rings. The summed E-state index contributed by atoms with van der Waals surface area (Å²) in [6, 6.07) is 10.2. The van der Waals surface area contributed by atoms with Crippen molar-refractivity contribution in [2.24, 2.45) is 0 Å². The van der Waals surface area contributed by atoms with Crippen LogP contribution in [-0.2, 0) is 16.9 Å². The molecule has 0 radical (unpaired) electrons. The van der Waals surface area contributed by atoms with Crippen molar-refractivity contribution in [2.45, 2.75) is 32.9 Å². The van der Waals surface area contributed by atoms with E-state index in [-0.39, 0.29) is 12.5 Å². The van der Waals surface area contributed by atoms with Gasteiger partial charge in [-0.05, 0) is 44.5 Å². The van der Waals surface area contributed by atoms with Crippen molar-refractivity contribution in [1.82, 2.24) is 10.2 Å². The molecule has 1 atom stereocenters. The van der Waals surface area contributed by atoms with Gasteiger partial charge in [-0.2, -0.15) is 5.26 Å². The van der Waals surface area contributed by atoms with Crippen molar-refractivity contribution in [3.05, 3.63) is 58.5 Å². The van der Waals surface area contributed by atoms with Crippen molar-refractivity contribution in [2.75, 3.05) is 0 Å². The molecule has 1 N–H and O–H groups in total. The Bertz CT molecular complexity index is 878. The molecule has 0 bridgehead atoms. The Morgan fingerprint density at radius 2 is 2.04 bits per heavy atom.